The van der Waals surface area contributed by atoms with E-state index in [-0.39, 0.29) is 0 Å². The maximum Gasteiger partial charge on any atom is 0.145 e. The van der Waals surface area contributed by atoms with Gasteiger partial charge in [0, 0.05) is 16.6 Å². The number of fused-ring (bicyclic) bond motifs is 5. The fourth-order valence-electron chi connectivity index (χ4n) is 6.98. The van der Waals surface area contributed by atoms with Crippen LogP contribution >= 0.6 is 0 Å². The summed E-state index contributed by atoms with van der Waals surface area (Å²) in [7, 11) is 0. The van der Waals surface area contributed by atoms with Gasteiger partial charge in [-0.1, -0.05) is 152 Å². The van der Waals surface area contributed by atoms with Crippen LogP contribution in [0.3, 0.4) is 0 Å². The lowest BCUT2D eigenvalue weighted by molar-refractivity contribution is 1.10. The van der Waals surface area contributed by atoms with Gasteiger partial charge < -0.3 is 0 Å². The molecule has 0 aliphatic rings. The van der Waals surface area contributed by atoms with Crippen LogP contribution < -0.4 is 0 Å². The van der Waals surface area contributed by atoms with Crippen molar-refractivity contribution in [2.24, 2.45) is 0 Å². The highest BCUT2D eigenvalue weighted by Crippen LogP contribution is 2.44. The van der Waals surface area contributed by atoms with Crippen LogP contribution in [0.15, 0.2) is 170 Å². The van der Waals surface area contributed by atoms with Crippen LogP contribution in [0.1, 0.15) is 0 Å². The Bertz CT molecular complexity index is 2450. The Morgan fingerprint density at radius 3 is 1.42 bits per heavy atom. The summed E-state index contributed by atoms with van der Waals surface area (Å²) in [6.07, 6.45) is 0. The van der Waals surface area contributed by atoms with Gasteiger partial charge in [0.15, 0.2) is 0 Å². The van der Waals surface area contributed by atoms with Crippen molar-refractivity contribution in [1.82, 2.24) is 9.55 Å². The molecule has 0 radical (unpaired) electrons. The van der Waals surface area contributed by atoms with Gasteiger partial charge in [-0.25, -0.2) is 4.98 Å². The van der Waals surface area contributed by atoms with E-state index < -0.39 is 0 Å². The average molecular weight is 573 g/mol. The third-order valence-electron chi connectivity index (χ3n) is 8.99. The highest BCUT2D eigenvalue weighted by molar-refractivity contribution is 6.21. The minimum absolute atomic E-state index is 0.938. The van der Waals surface area contributed by atoms with Crippen LogP contribution in [0.2, 0.25) is 0 Å². The molecule has 1 aromatic heterocycles. The molecule has 8 aromatic carbocycles. The lowest BCUT2D eigenvalue weighted by atomic mass is 9.86. The van der Waals surface area contributed by atoms with Gasteiger partial charge in [0.25, 0.3) is 0 Å². The van der Waals surface area contributed by atoms with Gasteiger partial charge in [0.1, 0.15) is 5.82 Å². The molecule has 0 fully saturated rings. The lowest BCUT2D eigenvalue weighted by Gasteiger charge is -2.18. The summed E-state index contributed by atoms with van der Waals surface area (Å²) in [6, 6.07) is 60.8. The second-order valence-electron chi connectivity index (χ2n) is 11.5. The Hall–Kier alpha value is -5.99. The van der Waals surface area contributed by atoms with E-state index in [1.807, 2.05) is 0 Å². The Labute approximate surface area is 261 Å². The van der Waals surface area contributed by atoms with Crippen LogP contribution in [-0.2, 0) is 0 Å². The number of hydrogen-bond donors (Lipinski definition) is 0. The molecule has 0 spiro atoms. The molecule has 9 rings (SSSR count). The Morgan fingerprint density at radius 1 is 0.356 bits per heavy atom. The minimum atomic E-state index is 0.938. The number of benzene rings is 8. The topological polar surface area (TPSA) is 17.8 Å². The first-order chi connectivity index (χ1) is 22.3. The molecule has 0 aliphatic carbocycles. The molecule has 0 saturated heterocycles. The Kier molecular flexibility index (Phi) is 5.85. The number of aromatic nitrogens is 2. The highest BCUT2D eigenvalue weighted by Gasteiger charge is 2.19. The molecule has 0 N–H and O–H groups in total. The van der Waals surface area contributed by atoms with Crippen molar-refractivity contribution in [3.05, 3.63) is 170 Å². The first kappa shape index (κ1) is 25.5. The van der Waals surface area contributed by atoms with Crippen molar-refractivity contribution in [3.8, 4) is 39.3 Å². The maximum absolute atomic E-state index is 5.30. The van der Waals surface area contributed by atoms with E-state index in [0.717, 1.165) is 28.1 Å². The zero-order valence-electron chi connectivity index (χ0n) is 24.6. The summed E-state index contributed by atoms with van der Waals surface area (Å²) in [5.41, 5.74) is 9.27. The molecule has 0 saturated carbocycles. The van der Waals surface area contributed by atoms with Crippen molar-refractivity contribution in [3.63, 3.8) is 0 Å². The lowest BCUT2D eigenvalue weighted by Crippen LogP contribution is -1.97. The van der Waals surface area contributed by atoms with Gasteiger partial charge in [-0.2, -0.15) is 0 Å². The number of para-hydroxylation sites is 1. The maximum atomic E-state index is 5.30. The third kappa shape index (κ3) is 4.07. The quantitative estimate of drug-likeness (QED) is 0.192. The molecule has 0 aliphatic heterocycles. The van der Waals surface area contributed by atoms with Crippen LogP contribution in [0.5, 0.6) is 0 Å². The molecule has 0 bridgehead atoms. The normalized spacial score (nSPS) is 11.6. The van der Waals surface area contributed by atoms with Crippen LogP contribution in [-0.4, -0.2) is 9.55 Å². The first-order valence-corrected chi connectivity index (χ1v) is 15.4. The van der Waals surface area contributed by atoms with E-state index in [1.165, 1.54) is 54.6 Å². The number of nitrogens with zero attached hydrogens (tertiary/aromatic N) is 2. The summed E-state index contributed by atoms with van der Waals surface area (Å²) < 4.78 is 2.29. The molecule has 0 amide bonds. The van der Waals surface area contributed by atoms with Gasteiger partial charge in [0.2, 0.25) is 0 Å². The van der Waals surface area contributed by atoms with Crippen molar-refractivity contribution in [2.45, 2.75) is 0 Å². The smallest absolute Gasteiger partial charge is 0.145 e. The van der Waals surface area contributed by atoms with E-state index >= 15 is 0 Å². The SMILES string of the molecule is c1ccc(-c2c3ccccc3c(-c3ccc(-c4nc5c6ccccc6ccc5n4-c4ccccc4)cc3)c3ccccc23)cc1. The first-order valence-electron chi connectivity index (χ1n) is 15.4. The predicted molar refractivity (Wildman–Crippen MR) is 190 cm³/mol. The summed E-state index contributed by atoms with van der Waals surface area (Å²) in [5.74, 6) is 0.938. The second kappa shape index (κ2) is 10.3. The molecule has 1 heterocycles. The van der Waals surface area contributed by atoms with Crippen molar-refractivity contribution in [2.75, 3.05) is 0 Å². The predicted octanol–water partition coefficient (Wildman–Crippen LogP) is 11.5. The van der Waals surface area contributed by atoms with Crippen LogP contribution in [0.25, 0.3) is 82.7 Å². The molecule has 2 nitrogen and oxygen atoms in total. The van der Waals surface area contributed by atoms with Crippen LogP contribution in [0, 0.1) is 0 Å². The molecule has 0 unspecified atom stereocenters. The van der Waals surface area contributed by atoms with Gasteiger partial charge >= 0.3 is 0 Å². The average Bonchev–Trinajstić information content (AvgIpc) is 3.52. The number of rotatable bonds is 4. The molecule has 45 heavy (non-hydrogen) atoms. The third-order valence-corrected chi connectivity index (χ3v) is 8.99. The highest BCUT2D eigenvalue weighted by atomic mass is 15.1. The van der Waals surface area contributed by atoms with Gasteiger partial charge in [-0.05, 0) is 67.4 Å². The summed E-state index contributed by atoms with van der Waals surface area (Å²) >= 11 is 0. The van der Waals surface area contributed by atoms with E-state index in [2.05, 4.69) is 174 Å². The molecule has 210 valence electrons. The van der Waals surface area contributed by atoms with E-state index in [1.54, 1.807) is 0 Å². The van der Waals surface area contributed by atoms with E-state index in [4.69, 9.17) is 4.98 Å². The zero-order valence-corrected chi connectivity index (χ0v) is 24.6. The Balaban J connectivity index is 1.27. The fourth-order valence-corrected chi connectivity index (χ4v) is 6.98. The summed E-state index contributed by atoms with van der Waals surface area (Å²) in [4.78, 5) is 5.30. The van der Waals surface area contributed by atoms with Crippen molar-refractivity contribution in [1.29, 1.82) is 0 Å². The molecular weight excluding hydrogens is 544 g/mol. The summed E-state index contributed by atoms with van der Waals surface area (Å²) in [6.45, 7) is 0. The molecule has 0 atom stereocenters. The number of imidazole rings is 1. The van der Waals surface area contributed by atoms with Crippen molar-refractivity contribution < 1.29 is 0 Å². The largest absolute Gasteiger partial charge is 0.292 e. The zero-order chi connectivity index (χ0) is 29.7. The molecule has 9 aromatic rings. The second-order valence-corrected chi connectivity index (χ2v) is 11.5. The fraction of sp³-hybridized carbons (Fsp3) is 0. The van der Waals surface area contributed by atoms with Crippen molar-refractivity contribution >= 4 is 43.4 Å². The van der Waals surface area contributed by atoms with Gasteiger partial charge in [0.05, 0.1) is 11.0 Å². The minimum Gasteiger partial charge on any atom is -0.292 e. The standard InChI is InChI=1S/C43H28N2/c1-3-14-30(15-4-1)40-35-19-9-11-21-37(35)41(38-22-12-10-20-36(38)40)31-23-25-32(26-24-31)43-44-42-34-18-8-7-13-29(34)27-28-39(42)45(43)33-16-5-2-6-17-33/h1-28H. The van der Waals surface area contributed by atoms with E-state index in [0.29, 0.717) is 0 Å². The van der Waals surface area contributed by atoms with Gasteiger partial charge in [-0.15, -0.1) is 0 Å². The van der Waals surface area contributed by atoms with Gasteiger partial charge in [-0.3, -0.25) is 4.57 Å². The molecular formula is C43H28N2. The van der Waals surface area contributed by atoms with Crippen LogP contribution in [0.4, 0.5) is 0 Å². The molecule has 2 heteroatoms. The Morgan fingerprint density at radius 2 is 0.822 bits per heavy atom. The number of hydrogen-bond acceptors (Lipinski definition) is 1. The summed E-state index contributed by atoms with van der Waals surface area (Å²) in [5, 5.41) is 7.40. The van der Waals surface area contributed by atoms with E-state index in [9.17, 15) is 0 Å². The monoisotopic (exact) mass is 572 g/mol.